The SMILES string of the molecule is CSCCCCCCNC1CCCc2sc(Br)cc21. The second-order valence-electron chi connectivity index (χ2n) is 5.23. The number of halogens is 1. The summed E-state index contributed by atoms with van der Waals surface area (Å²) in [6.45, 7) is 1.18. The van der Waals surface area contributed by atoms with Crippen LogP contribution in [0.4, 0.5) is 0 Å². The lowest BCUT2D eigenvalue weighted by atomic mass is 9.94. The van der Waals surface area contributed by atoms with E-state index in [-0.39, 0.29) is 0 Å². The Labute approximate surface area is 134 Å². The van der Waals surface area contributed by atoms with Crippen molar-refractivity contribution in [3.63, 3.8) is 0 Å². The molecule has 0 aliphatic heterocycles. The molecule has 1 aliphatic carbocycles. The van der Waals surface area contributed by atoms with Crippen LogP contribution in [0.3, 0.4) is 0 Å². The lowest BCUT2D eigenvalue weighted by Gasteiger charge is -2.23. The molecular weight excluding hydrogens is 338 g/mol. The predicted octanol–water partition coefficient (Wildman–Crippen LogP) is 5.40. The summed E-state index contributed by atoms with van der Waals surface area (Å²) in [5, 5.41) is 3.76. The molecule has 0 fully saturated rings. The Bertz CT molecular complexity index is 378. The van der Waals surface area contributed by atoms with Crippen molar-refractivity contribution in [1.29, 1.82) is 0 Å². The van der Waals surface area contributed by atoms with Gasteiger partial charge in [-0.2, -0.15) is 11.8 Å². The van der Waals surface area contributed by atoms with Crippen LogP contribution in [-0.4, -0.2) is 18.6 Å². The maximum absolute atomic E-state index is 3.76. The zero-order chi connectivity index (χ0) is 13.5. The molecule has 1 nitrogen and oxygen atoms in total. The molecule has 1 aromatic heterocycles. The number of thioether (sulfide) groups is 1. The van der Waals surface area contributed by atoms with Gasteiger partial charge in [0.2, 0.25) is 0 Å². The largest absolute Gasteiger partial charge is 0.310 e. The fourth-order valence-corrected chi connectivity index (χ4v) is 5.05. The van der Waals surface area contributed by atoms with E-state index in [1.807, 2.05) is 23.1 Å². The Morgan fingerprint density at radius 1 is 1.37 bits per heavy atom. The van der Waals surface area contributed by atoms with Gasteiger partial charge in [0.25, 0.3) is 0 Å². The number of hydrogen-bond acceptors (Lipinski definition) is 3. The molecular formula is C15H24BrNS2. The van der Waals surface area contributed by atoms with Crippen LogP contribution < -0.4 is 5.32 Å². The molecule has 1 heterocycles. The molecule has 1 aliphatic rings. The predicted molar refractivity (Wildman–Crippen MR) is 92.6 cm³/mol. The highest BCUT2D eigenvalue weighted by Crippen LogP contribution is 2.37. The molecule has 0 amide bonds. The van der Waals surface area contributed by atoms with Gasteiger partial charge in [0.05, 0.1) is 3.79 Å². The van der Waals surface area contributed by atoms with Crippen molar-refractivity contribution in [1.82, 2.24) is 5.32 Å². The van der Waals surface area contributed by atoms with E-state index in [0.29, 0.717) is 6.04 Å². The van der Waals surface area contributed by atoms with Crippen LogP contribution in [0.2, 0.25) is 0 Å². The Morgan fingerprint density at radius 2 is 2.21 bits per heavy atom. The number of nitrogens with one attached hydrogen (secondary N) is 1. The quantitative estimate of drug-likeness (QED) is 0.622. The average molecular weight is 362 g/mol. The van der Waals surface area contributed by atoms with Gasteiger partial charge in [-0.3, -0.25) is 0 Å². The summed E-state index contributed by atoms with van der Waals surface area (Å²) in [6.07, 6.45) is 11.6. The van der Waals surface area contributed by atoms with E-state index in [9.17, 15) is 0 Å². The van der Waals surface area contributed by atoms with Crippen molar-refractivity contribution < 1.29 is 0 Å². The molecule has 19 heavy (non-hydrogen) atoms. The first-order valence-electron chi connectivity index (χ1n) is 7.31. The van der Waals surface area contributed by atoms with Gasteiger partial charge in [-0.25, -0.2) is 0 Å². The Balaban J connectivity index is 1.67. The molecule has 0 aromatic carbocycles. The van der Waals surface area contributed by atoms with Gasteiger partial charge < -0.3 is 5.32 Å². The van der Waals surface area contributed by atoms with Gasteiger partial charge in [0.15, 0.2) is 0 Å². The van der Waals surface area contributed by atoms with E-state index in [0.717, 1.165) is 0 Å². The van der Waals surface area contributed by atoms with Crippen molar-refractivity contribution in [3.8, 4) is 0 Å². The van der Waals surface area contributed by atoms with Crippen molar-refractivity contribution in [2.75, 3.05) is 18.6 Å². The highest BCUT2D eigenvalue weighted by molar-refractivity contribution is 9.11. The van der Waals surface area contributed by atoms with Gasteiger partial charge >= 0.3 is 0 Å². The standard InChI is InChI=1S/C15H24BrNS2/c1-18-10-5-3-2-4-9-17-13-7-6-8-14-12(13)11-15(16)19-14/h11,13,17H,2-10H2,1H3. The van der Waals surface area contributed by atoms with Crippen molar-refractivity contribution in [2.45, 2.75) is 51.0 Å². The molecule has 2 rings (SSSR count). The second-order valence-corrected chi connectivity index (χ2v) is 8.74. The highest BCUT2D eigenvalue weighted by atomic mass is 79.9. The molecule has 1 atom stereocenters. The molecule has 108 valence electrons. The van der Waals surface area contributed by atoms with Gasteiger partial charge in [0, 0.05) is 10.9 Å². The van der Waals surface area contributed by atoms with Gasteiger partial charge in [-0.1, -0.05) is 12.8 Å². The minimum absolute atomic E-state index is 0.609. The molecule has 0 bridgehead atoms. The third kappa shape index (κ3) is 5.07. The first kappa shape index (κ1) is 15.9. The molecule has 1 N–H and O–H groups in total. The number of unbranched alkanes of at least 4 members (excludes halogenated alkanes) is 3. The topological polar surface area (TPSA) is 12.0 Å². The maximum Gasteiger partial charge on any atom is 0.0704 e. The van der Waals surface area contributed by atoms with Crippen LogP contribution in [0.25, 0.3) is 0 Å². The van der Waals surface area contributed by atoms with E-state index in [1.165, 1.54) is 61.0 Å². The van der Waals surface area contributed by atoms with E-state index in [4.69, 9.17) is 0 Å². The normalized spacial score (nSPS) is 18.5. The first-order chi connectivity index (χ1) is 9.31. The summed E-state index contributed by atoms with van der Waals surface area (Å²) in [5.41, 5.74) is 1.56. The van der Waals surface area contributed by atoms with E-state index < -0.39 is 0 Å². The zero-order valence-corrected chi connectivity index (χ0v) is 14.9. The first-order valence-corrected chi connectivity index (χ1v) is 10.3. The molecule has 0 saturated heterocycles. The summed E-state index contributed by atoms with van der Waals surface area (Å²) < 4.78 is 1.29. The van der Waals surface area contributed by atoms with Crippen LogP contribution in [0.5, 0.6) is 0 Å². The molecule has 4 heteroatoms. The summed E-state index contributed by atoms with van der Waals surface area (Å²) in [6, 6.07) is 2.94. The third-order valence-electron chi connectivity index (χ3n) is 3.75. The Morgan fingerprint density at radius 3 is 3.05 bits per heavy atom. The number of aryl methyl sites for hydroxylation is 1. The molecule has 1 aromatic rings. The molecule has 0 spiro atoms. The minimum atomic E-state index is 0.609. The number of fused-ring (bicyclic) bond motifs is 1. The second kappa shape index (κ2) is 8.71. The maximum atomic E-state index is 3.76. The monoisotopic (exact) mass is 361 g/mol. The average Bonchev–Trinajstić information content (AvgIpc) is 2.78. The molecule has 0 radical (unpaired) electrons. The fourth-order valence-electron chi connectivity index (χ4n) is 2.73. The van der Waals surface area contributed by atoms with Crippen LogP contribution in [0, 0.1) is 0 Å². The Hall–Kier alpha value is 0.490. The van der Waals surface area contributed by atoms with Crippen LogP contribution in [-0.2, 0) is 6.42 Å². The number of rotatable bonds is 8. The van der Waals surface area contributed by atoms with Crippen molar-refractivity contribution in [3.05, 3.63) is 20.3 Å². The van der Waals surface area contributed by atoms with Crippen LogP contribution in [0.15, 0.2) is 9.85 Å². The number of thiophene rings is 1. The summed E-state index contributed by atoms with van der Waals surface area (Å²) >= 11 is 7.51. The molecule has 0 saturated carbocycles. The van der Waals surface area contributed by atoms with Gasteiger partial charge in [0.1, 0.15) is 0 Å². The van der Waals surface area contributed by atoms with Crippen LogP contribution >= 0.6 is 39.0 Å². The highest BCUT2D eigenvalue weighted by Gasteiger charge is 2.21. The van der Waals surface area contributed by atoms with Crippen molar-refractivity contribution >= 4 is 39.0 Å². The third-order valence-corrected chi connectivity index (χ3v) is 6.16. The zero-order valence-electron chi connectivity index (χ0n) is 11.7. The smallest absolute Gasteiger partial charge is 0.0704 e. The van der Waals surface area contributed by atoms with Crippen LogP contribution in [0.1, 0.15) is 55.0 Å². The lowest BCUT2D eigenvalue weighted by molar-refractivity contribution is 0.453. The van der Waals surface area contributed by atoms with Gasteiger partial charge in [-0.05, 0) is 78.2 Å². The number of hydrogen-bond donors (Lipinski definition) is 1. The summed E-state index contributed by atoms with van der Waals surface area (Å²) in [4.78, 5) is 1.59. The lowest BCUT2D eigenvalue weighted by Crippen LogP contribution is -2.25. The fraction of sp³-hybridized carbons (Fsp3) is 0.733. The van der Waals surface area contributed by atoms with Gasteiger partial charge in [-0.15, -0.1) is 11.3 Å². The Kier molecular flexibility index (Phi) is 7.27. The summed E-state index contributed by atoms with van der Waals surface area (Å²) in [5.74, 6) is 1.32. The van der Waals surface area contributed by atoms with E-state index >= 15 is 0 Å². The van der Waals surface area contributed by atoms with E-state index in [1.54, 1.807) is 10.4 Å². The van der Waals surface area contributed by atoms with Crippen molar-refractivity contribution in [2.24, 2.45) is 0 Å². The molecule has 1 unspecified atom stereocenters. The minimum Gasteiger partial charge on any atom is -0.310 e. The summed E-state index contributed by atoms with van der Waals surface area (Å²) in [7, 11) is 0. The van der Waals surface area contributed by atoms with E-state index in [2.05, 4.69) is 33.6 Å².